The Kier molecular flexibility index (Phi) is 4.95. The highest BCUT2D eigenvalue weighted by Crippen LogP contribution is 2.20. The van der Waals surface area contributed by atoms with Gasteiger partial charge in [0.15, 0.2) is 6.61 Å². The summed E-state index contributed by atoms with van der Waals surface area (Å²) in [5.41, 5.74) is 10.4. The molecule has 0 saturated heterocycles. The van der Waals surface area contributed by atoms with E-state index in [-0.39, 0.29) is 12.5 Å². The summed E-state index contributed by atoms with van der Waals surface area (Å²) in [4.78, 5) is 11.9. The molecule has 0 radical (unpaired) electrons. The molecule has 1 amide bonds. The zero-order chi connectivity index (χ0) is 17.6. The molecule has 0 spiro atoms. The number of anilines is 1. The molecular weight excluding hydrogens is 314 g/mol. The van der Waals surface area contributed by atoms with Crippen molar-refractivity contribution in [2.75, 3.05) is 12.3 Å². The number of nitrogen functional groups attached to an aromatic ring is 1. The third kappa shape index (κ3) is 4.35. The maximum atomic E-state index is 11.9. The van der Waals surface area contributed by atoms with Gasteiger partial charge in [0.1, 0.15) is 5.75 Å². The van der Waals surface area contributed by atoms with Gasteiger partial charge in [-0.3, -0.25) is 4.79 Å². The van der Waals surface area contributed by atoms with Crippen LogP contribution >= 0.6 is 0 Å². The van der Waals surface area contributed by atoms with Gasteiger partial charge in [-0.1, -0.05) is 42.5 Å². The second-order valence-corrected chi connectivity index (χ2v) is 5.66. The number of nitrogens with zero attached hydrogens (tertiary/aromatic N) is 1. The van der Waals surface area contributed by atoms with Crippen molar-refractivity contribution in [3.05, 3.63) is 72.3 Å². The molecule has 3 aromatic carbocycles. The van der Waals surface area contributed by atoms with E-state index in [2.05, 4.69) is 10.5 Å². The molecule has 0 aliphatic carbocycles. The average Bonchev–Trinajstić information content (AvgIpc) is 2.64. The lowest BCUT2D eigenvalue weighted by molar-refractivity contribution is -0.123. The monoisotopic (exact) mass is 333 g/mol. The third-order valence-corrected chi connectivity index (χ3v) is 3.74. The number of amides is 1. The van der Waals surface area contributed by atoms with Gasteiger partial charge in [0.05, 0.1) is 5.71 Å². The van der Waals surface area contributed by atoms with Crippen LogP contribution in [0.15, 0.2) is 71.8 Å². The zero-order valence-corrected chi connectivity index (χ0v) is 13.9. The Balaban J connectivity index is 1.57. The van der Waals surface area contributed by atoms with Crippen molar-refractivity contribution in [3.63, 3.8) is 0 Å². The number of nitrogens with two attached hydrogens (primary N) is 1. The van der Waals surface area contributed by atoms with Gasteiger partial charge in [-0.15, -0.1) is 0 Å². The molecule has 3 rings (SSSR count). The van der Waals surface area contributed by atoms with Crippen LogP contribution in [0, 0.1) is 0 Å². The highest BCUT2D eigenvalue weighted by molar-refractivity contribution is 5.99. The van der Waals surface area contributed by atoms with Crippen LogP contribution < -0.4 is 15.9 Å². The summed E-state index contributed by atoms with van der Waals surface area (Å²) in [6.45, 7) is 1.70. The van der Waals surface area contributed by atoms with E-state index in [1.165, 1.54) is 0 Å². The van der Waals surface area contributed by atoms with Crippen LogP contribution in [-0.4, -0.2) is 18.2 Å². The van der Waals surface area contributed by atoms with Crippen molar-refractivity contribution < 1.29 is 9.53 Å². The van der Waals surface area contributed by atoms with Crippen molar-refractivity contribution in [2.24, 2.45) is 5.10 Å². The van der Waals surface area contributed by atoms with E-state index >= 15 is 0 Å². The van der Waals surface area contributed by atoms with Crippen molar-refractivity contribution in [2.45, 2.75) is 6.92 Å². The Morgan fingerprint density at radius 3 is 2.64 bits per heavy atom. The lowest BCUT2D eigenvalue weighted by Crippen LogP contribution is -2.25. The van der Waals surface area contributed by atoms with Gasteiger partial charge in [0, 0.05) is 5.69 Å². The van der Waals surface area contributed by atoms with Gasteiger partial charge in [0.2, 0.25) is 0 Å². The minimum absolute atomic E-state index is 0.105. The molecule has 0 aromatic heterocycles. The van der Waals surface area contributed by atoms with E-state index in [1.807, 2.05) is 54.6 Å². The largest absolute Gasteiger partial charge is 0.484 e. The Morgan fingerprint density at radius 1 is 1.04 bits per heavy atom. The van der Waals surface area contributed by atoms with Crippen molar-refractivity contribution >= 4 is 28.1 Å². The molecule has 25 heavy (non-hydrogen) atoms. The predicted octanol–water partition coefficient (Wildman–Crippen LogP) is 3.34. The summed E-state index contributed by atoms with van der Waals surface area (Å²) in [7, 11) is 0. The second kappa shape index (κ2) is 7.49. The van der Waals surface area contributed by atoms with Gasteiger partial charge in [-0.2, -0.15) is 5.10 Å². The number of hydrogen-bond acceptors (Lipinski definition) is 4. The average molecular weight is 333 g/mol. The Hall–Kier alpha value is -3.34. The summed E-state index contributed by atoms with van der Waals surface area (Å²) in [6, 6.07) is 21.0. The third-order valence-electron chi connectivity index (χ3n) is 3.74. The lowest BCUT2D eigenvalue weighted by atomic mass is 10.1. The summed E-state index contributed by atoms with van der Waals surface area (Å²) in [5, 5.41) is 6.27. The fourth-order valence-corrected chi connectivity index (χ4v) is 2.41. The van der Waals surface area contributed by atoms with Crippen LogP contribution in [-0.2, 0) is 4.79 Å². The van der Waals surface area contributed by atoms with Crippen LogP contribution in [0.3, 0.4) is 0 Å². The van der Waals surface area contributed by atoms with Crippen LogP contribution in [0.25, 0.3) is 10.8 Å². The number of ether oxygens (including phenoxy) is 1. The molecule has 0 aliphatic heterocycles. The minimum atomic E-state index is -0.323. The van der Waals surface area contributed by atoms with E-state index in [0.717, 1.165) is 16.3 Å². The van der Waals surface area contributed by atoms with Crippen molar-refractivity contribution in [1.82, 2.24) is 5.43 Å². The minimum Gasteiger partial charge on any atom is -0.484 e. The maximum absolute atomic E-state index is 11.9. The Labute approximate surface area is 146 Å². The molecule has 5 nitrogen and oxygen atoms in total. The molecule has 0 fully saturated rings. The SMILES string of the molecule is C/C(=N\NC(=O)COc1ccc2ccccc2c1)c1cccc(N)c1. The number of carbonyl (C=O) groups is 1. The highest BCUT2D eigenvalue weighted by atomic mass is 16.5. The highest BCUT2D eigenvalue weighted by Gasteiger charge is 2.04. The van der Waals surface area contributed by atoms with Gasteiger partial charge in [0.25, 0.3) is 5.91 Å². The van der Waals surface area contributed by atoms with E-state index in [1.54, 1.807) is 19.1 Å². The van der Waals surface area contributed by atoms with E-state index in [4.69, 9.17) is 10.5 Å². The first-order chi connectivity index (χ1) is 12.1. The fourth-order valence-electron chi connectivity index (χ4n) is 2.41. The first-order valence-corrected chi connectivity index (χ1v) is 7.92. The van der Waals surface area contributed by atoms with E-state index in [9.17, 15) is 4.79 Å². The van der Waals surface area contributed by atoms with Gasteiger partial charge >= 0.3 is 0 Å². The smallest absolute Gasteiger partial charge is 0.277 e. The molecule has 0 bridgehead atoms. The number of hydrogen-bond donors (Lipinski definition) is 2. The molecule has 0 atom stereocenters. The molecule has 126 valence electrons. The molecule has 0 aliphatic rings. The van der Waals surface area contributed by atoms with E-state index < -0.39 is 0 Å². The molecule has 3 N–H and O–H groups in total. The number of benzene rings is 3. The van der Waals surface area contributed by atoms with E-state index in [0.29, 0.717) is 17.1 Å². The number of carbonyl (C=O) groups excluding carboxylic acids is 1. The lowest BCUT2D eigenvalue weighted by Gasteiger charge is -2.07. The summed E-state index contributed by atoms with van der Waals surface area (Å²) in [6.07, 6.45) is 0. The van der Waals surface area contributed by atoms with Crippen molar-refractivity contribution in [1.29, 1.82) is 0 Å². The summed E-state index contributed by atoms with van der Waals surface area (Å²) in [5.74, 6) is 0.321. The fraction of sp³-hybridized carbons (Fsp3) is 0.100. The normalized spacial score (nSPS) is 11.3. The molecular formula is C20H19N3O2. The van der Waals surface area contributed by atoms with Crippen LogP contribution in [0.4, 0.5) is 5.69 Å². The molecule has 3 aromatic rings. The topological polar surface area (TPSA) is 76.7 Å². The Morgan fingerprint density at radius 2 is 1.84 bits per heavy atom. The molecule has 0 heterocycles. The Bertz CT molecular complexity index is 935. The number of rotatable bonds is 5. The van der Waals surface area contributed by atoms with Crippen molar-refractivity contribution in [3.8, 4) is 5.75 Å². The standard InChI is InChI=1S/C20H19N3O2/c1-14(16-7-4-8-18(21)11-16)22-23-20(24)13-25-19-10-9-15-5-2-3-6-17(15)12-19/h2-12H,13,21H2,1H3,(H,23,24)/b22-14+. The molecule has 0 unspecified atom stereocenters. The van der Waals surface area contributed by atoms with Gasteiger partial charge in [-0.05, 0) is 47.5 Å². The zero-order valence-electron chi connectivity index (χ0n) is 13.9. The van der Waals surface area contributed by atoms with Gasteiger partial charge < -0.3 is 10.5 Å². The summed E-state index contributed by atoms with van der Waals surface area (Å²) >= 11 is 0. The number of fused-ring (bicyclic) bond motifs is 1. The van der Waals surface area contributed by atoms with Crippen LogP contribution in [0.5, 0.6) is 5.75 Å². The first-order valence-electron chi connectivity index (χ1n) is 7.92. The second-order valence-electron chi connectivity index (χ2n) is 5.66. The maximum Gasteiger partial charge on any atom is 0.277 e. The van der Waals surface area contributed by atoms with Gasteiger partial charge in [-0.25, -0.2) is 5.43 Å². The van der Waals surface area contributed by atoms with Crippen LogP contribution in [0.2, 0.25) is 0 Å². The number of nitrogens with one attached hydrogen (secondary N) is 1. The van der Waals surface area contributed by atoms with Crippen LogP contribution in [0.1, 0.15) is 12.5 Å². The quantitative estimate of drug-likeness (QED) is 0.427. The first kappa shape index (κ1) is 16.5. The predicted molar refractivity (Wildman–Crippen MR) is 101 cm³/mol. The number of hydrazone groups is 1. The molecule has 0 saturated carbocycles. The summed E-state index contributed by atoms with van der Waals surface area (Å²) < 4.78 is 5.53. The molecule has 5 heteroatoms.